The first-order valence-corrected chi connectivity index (χ1v) is 6.72. The minimum Gasteiger partial charge on any atom is -0.293 e. The summed E-state index contributed by atoms with van der Waals surface area (Å²) in [6, 6.07) is 12.1. The summed E-state index contributed by atoms with van der Waals surface area (Å²) < 4.78 is 14.2. The fraction of sp³-hybridized carbons (Fsp3) is 0.0588. The van der Waals surface area contributed by atoms with E-state index in [1.165, 1.54) is 12.1 Å². The molecule has 2 aromatic rings. The number of nitrogens with zero attached hydrogens (tertiary/aromatic N) is 1. The van der Waals surface area contributed by atoms with Gasteiger partial charge in [0.1, 0.15) is 5.82 Å². The van der Waals surface area contributed by atoms with Gasteiger partial charge in [0.25, 0.3) is 11.1 Å². The second kappa shape index (κ2) is 6.88. The topological polar surface area (TPSA) is 37.4 Å². The minimum atomic E-state index is -0.864. The first kappa shape index (κ1) is 15.7. The van der Waals surface area contributed by atoms with Crippen LogP contribution in [-0.4, -0.2) is 17.7 Å². The van der Waals surface area contributed by atoms with E-state index in [1.54, 1.807) is 30.3 Å². The van der Waals surface area contributed by atoms with Crippen molar-refractivity contribution in [3.05, 3.63) is 65.5 Å². The molecule has 22 heavy (non-hydrogen) atoms. The molecule has 0 aliphatic rings. The number of hydrogen-bond donors (Lipinski definition) is 0. The Morgan fingerprint density at radius 1 is 1.14 bits per heavy atom. The van der Waals surface area contributed by atoms with Crippen LogP contribution < -0.4 is 4.90 Å². The molecule has 2 rings (SSSR count). The molecule has 0 fully saturated rings. The van der Waals surface area contributed by atoms with Gasteiger partial charge in [0.05, 0.1) is 17.8 Å². The van der Waals surface area contributed by atoms with Crippen molar-refractivity contribution >= 4 is 28.4 Å². The van der Waals surface area contributed by atoms with Crippen LogP contribution >= 0.6 is 11.6 Å². The molecule has 0 aliphatic carbocycles. The molecule has 5 heteroatoms. The summed E-state index contributed by atoms with van der Waals surface area (Å²) in [5.74, 6) is 1.04. The third kappa shape index (κ3) is 3.16. The van der Waals surface area contributed by atoms with E-state index in [9.17, 15) is 14.0 Å². The molecule has 0 aliphatic heterocycles. The highest BCUT2D eigenvalue weighted by Crippen LogP contribution is 2.27. The Bertz CT molecular complexity index is 753. The Balaban J connectivity index is 2.57. The summed E-state index contributed by atoms with van der Waals surface area (Å²) in [5, 5.41) is -0.864. The van der Waals surface area contributed by atoms with Gasteiger partial charge in [-0.25, -0.2) is 4.39 Å². The van der Waals surface area contributed by atoms with E-state index < -0.39 is 17.0 Å². The van der Waals surface area contributed by atoms with E-state index in [-0.39, 0.29) is 17.8 Å². The summed E-state index contributed by atoms with van der Waals surface area (Å²) in [4.78, 5) is 25.1. The number of terminal acetylenes is 1. The Labute approximate surface area is 132 Å². The van der Waals surface area contributed by atoms with Crippen LogP contribution in [0.5, 0.6) is 0 Å². The van der Waals surface area contributed by atoms with Crippen molar-refractivity contribution in [2.24, 2.45) is 0 Å². The van der Waals surface area contributed by atoms with Crippen LogP contribution in [0.15, 0.2) is 48.5 Å². The molecule has 0 radical (unpaired) electrons. The molecule has 0 unspecified atom stereocenters. The zero-order chi connectivity index (χ0) is 16.1. The lowest BCUT2D eigenvalue weighted by Crippen LogP contribution is -2.33. The zero-order valence-electron chi connectivity index (χ0n) is 11.4. The van der Waals surface area contributed by atoms with Crippen LogP contribution in [0.3, 0.4) is 0 Å². The third-order valence-corrected chi connectivity index (χ3v) is 3.19. The molecule has 0 atom stereocenters. The van der Waals surface area contributed by atoms with E-state index in [4.69, 9.17) is 18.0 Å². The number of carbonyl (C=O) groups is 2. The van der Waals surface area contributed by atoms with E-state index in [1.807, 2.05) is 0 Å². The number of hydrogen-bond acceptors (Lipinski definition) is 2. The molecule has 0 N–H and O–H groups in total. The van der Waals surface area contributed by atoms with Gasteiger partial charge in [0.15, 0.2) is 0 Å². The lowest BCUT2D eigenvalue weighted by molar-refractivity contribution is 0.0989. The molecule has 1 amide bonds. The maximum atomic E-state index is 14.2. The van der Waals surface area contributed by atoms with Gasteiger partial charge in [-0.15, -0.1) is 6.42 Å². The molecule has 0 bridgehead atoms. The minimum absolute atomic E-state index is 0.110. The van der Waals surface area contributed by atoms with Crippen LogP contribution in [-0.2, 0) is 0 Å². The van der Waals surface area contributed by atoms with Crippen LogP contribution in [0.2, 0.25) is 0 Å². The SMILES string of the molecule is C#CCN(C(=O)c1ccccc1)c1c(F)cccc1C(=O)Cl. The second-order valence-corrected chi connectivity index (χ2v) is 4.71. The van der Waals surface area contributed by atoms with Gasteiger partial charge in [0, 0.05) is 5.56 Å². The monoisotopic (exact) mass is 315 g/mol. The fourth-order valence-corrected chi connectivity index (χ4v) is 2.18. The van der Waals surface area contributed by atoms with Gasteiger partial charge in [-0.05, 0) is 35.9 Å². The van der Waals surface area contributed by atoms with Crippen molar-refractivity contribution in [2.75, 3.05) is 11.4 Å². The zero-order valence-corrected chi connectivity index (χ0v) is 12.2. The molecular formula is C17H11ClFNO2. The van der Waals surface area contributed by atoms with Gasteiger partial charge in [-0.2, -0.15) is 0 Å². The second-order valence-electron chi connectivity index (χ2n) is 4.37. The van der Waals surface area contributed by atoms with Crippen LogP contribution in [0.25, 0.3) is 0 Å². The number of carbonyl (C=O) groups excluding carboxylic acids is 2. The van der Waals surface area contributed by atoms with Crippen molar-refractivity contribution in [3.8, 4) is 12.3 Å². The van der Waals surface area contributed by atoms with Gasteiger partial charge in [-0.3, -0.25) is 14.5 Å². The number of anilines is 1. The maximum absolute atomic E-state index is 14.2. The van der Waals surface area contributed by atoms with Crippen molar-refractivity contribution < 1.29 is 14.0 Å². The van der Waals surface area contributed by atoms with Gasteiger partial charge >= 0.3 is 0 Å². The normalized spacial score (nSPS) is 9.86. The number of benzene rings is 2. The average Bonchev–Trinajstić information content (AvgIpc) is 2.53. The van der Waals surface area contributed by atoms with E-state index >= 15 is 0 Å². The predicted molar refractivity (Wildman–Crippen MR) is 83.5 cm³/mol. The summed E-state index contributed by atoms with van der Waals surface area (Å²) in [6.45, 7) is -0.189. The highest BCUT2D eigenvalue weighted by molar-refractivity contribution is 6.68. The average molecular weight is 316 g/mol. The predicted octanol–water partition coefficient (Wildman–Crippen LogP) is 3.48. The third-order valence-electron chi connectivity index (χ3n) is 2.98. The van der Waals surface area contributed by atoms with E-state index in [0.29, 0.717) is 5.56 Å². The lowest BCUT2D eigenvalue weighted by Gasteiger charge is -2.23. The van der Waals surface area contributed by atoms with Gasteiger partial charge in [-0.1, -0.05) is 30.2 Å². The summed E-state index contributed by atoms with van der Waals surface area (Å²) >= 11 is 5.48. The van der Waals surface area contributed by atoms with Crippen molar-refractivity contribution in [3.63, 3.8) is 0 Å². The molecular weight excluding hydrogens is 305 g/mol. The Morgan fingerprint density at radius 2 is 1.82 bits per heavy atom. The molecule has 0 spiro atoms. The molecule has 0 heterocycles. The smallest absolute Gasteiger partial charge is 0.259 e. The van der Waals surface area contributed by atoms with Crippen LogP contribution in [0, 0.1) is 18.2 Å². The number of rotatable bonds is 4. The van der Waals surface area contributed by atoms with Crippen molar-refractivity contribution in [1.82, 2.24) is 0 Å². The summed E-state index contributed by atoms with van der Waals surface area (Å²) in [7, 11) is 0. The Hall–Kier alpha value is -2.64. The van der Waals surface area contributed by atoms with E-state index in [0.717, 1.165) is 11.0 Å². The standard InChI is InChI=1S/C17H11ClFNO2/c1-2-11-20(17(22)12-7-4-3-5-8-12)15-13(16(18)21)9-6-10-14(15)19/h1,3-10H,11H2. The summed E-state index contributed by atoms with van der Waals surface area (Å²) in [6.07, 6.45) is 5.27. The molecule has 0 saturated heterocycles. The first-order chi connectivity index (χ1) is 10.6. The Morgan fingerprint density at radius 3 is 2.41 bits per heavy atom. The lowest BCUT2D eigenvalue weighted by atomic mass is 10.1. The fourth-order valence-electron chi connectivity index (χ4n) is 2.03. The molecule has 110 valence electrons. The van der Waals surface area contributed by atoms with Crippen molar-refractivity contribution in [1.29, 1.82) is 0 Å². The van der Waals surface area contributed by atoms with Crippen molar-refractivity contribution in [2.45, 2.75) is 0 Å². The van der Waals surface area contributed by atoms with E-state index in [2.05, 4.69) is 5.92 Å². The molecule has 2 aromatic carbocycles. The van der Waals surface area contributed by atoms with Gasteiger partial charge in [0.2, 0.25) is 0 Å². The number of halogens is 2. The summed E-state index contributed by atoms with van der Waals surface area (Å²) in [5.41, 5.74) is 0.00414. The van der Waals surface area contributed by atoms with Crippen LogP contribution in [0.4, 0.5) is 10.1 Å². The van der Waals surface area contributed by atoms with Gasteiger partial charge < -0.3 is 0 Å². The Kier molecular flexibility index (Phi) is 4.92. The quantitative estimate of drug-likeness (QED) is 0.640. The molecule has 3 nitrogen and oxygen atoms in total. The largest absolute Gasteiger partial charge is 0.293 e. The molecule has 0 aromatic heterocycles. The maximum Gasteiger partial charge on any atom is 0.259 e. The van der Waals surface area contributed by atoms with Crippen LogP contribution in [0.1, 0.15) is 20.7 Å². The highest BCUT2D eigenvalue weighted by Gasteiger charge is 2.24. The number of amides is 1. The molecule has 0 saturated carbocycles. The highest BCUT2D eigenvalue weighted by atomic mass is 35.5. The first-order valence-electron chi connectivity index (χ1n) is 6.35. The number of para-hydroxylation sites is 1.